The zero-order valence-electron chi connectivity index (χ0n) is 16.3. The summed E-state index contributed by atoms with van der Waals surface area (Å²) in [4.78, 5) is 47.7. The van der Waals surface area contributed by atoms with Crippen LogP contribution >= 0.6 is 0 Å². The van der Waals surface area contributed by atoms with Crippen molar-refractivity contribution < 1.29 is 28.7 Å². The molecular formula is C19H27N3O6. The van der Waals surface area contributed by atoms with E-state index in [1.807, 2.05) is 19.9 Å². The molecule has 0 aliphatic heterocycles. The van der Waals surface area contributed by atoms with Gasteiger partial charge >= 0.3 is 12.1 Å². The topological polar surface area (TPSA) is 137 Å². The number of carbonyl (C=O) groups excluding carboxylic acids is 4. The van der Waals surface area contributed by atoms with Crippen molar-refractivity contribution in [3.63, 3.8) is 0 Å². The molecule has 0 aliphatic carbocycles. The molecule has 0 fully saturated rings. The third-order valence-electron chi connectivity index (χ3n) is 3.74. The number of nitrogens with two attached hydrogens (primary N) is 1. The third-order valence-corrected chi connectivity index (χ3v) is 3.74. The van der Waals surface area contributed by atoms with Crippen LogP contribution < -0.4 is 16.4 Å². The van der Waals surface area contributed by atoms with Gasteiger partial charge in [-0.25, -0.2) is 9.59 Å². The van der Waals surface area contributed by atoms with E-state index in [0.29, 0.717) is 6.42 Å². The number of methoxy groups -OCH3 is 1. The second-order valence-electron chi connectivity index (χ2n) is 6.64. The minimum Gasteiger partial charge on any atom is -0.467 e. The normalized spacial score (nSPS) is 12.6. The van der Waals surface area contributed by atoms with Crippen molar-refractivity contribution in [1.82, 2.24) is 10.6 Å². The van der Waals surface area contributed by atoms with E-state index in [2.05, 4.69) is 15.4 Å². The number of ether oxygens (including phenoxy) is 2. The number of nitrogens with one attached hydrogen (secondary N) is 2. The fourth-order valence-corrected chi connectivity index (χ4v) is 2.42. The van der Waals surface area contributed by atoms with E-state index < -0.39 is 42.4 Å². The first kappa shape index (κ1) is 22.9. The van der Waals surface area contributed by atoms with Crippen LogP contribution in [-0.4, -0.2) is 43.1 Å². The summed E-state index contributed by atoms with van der Waals surface area (Å²) in [5, 5.41) is 4.80. The van der Waals surface area contributed by atoms with Gasteiger partial charge in [-0.3, -0.25) is 9.59 Å². The largest absolute Gasteiger partial charge is 0.467 e. The molecule has 2 atom stereocenters. The molecular weight excluding hydrogens is 366 g/mol. The molecule has 0 aliphatic rings. The van der Waals surface area contributed by atoms with Crippen LogP contribution in [0.1, 0.15) is 32.3 Å². The Labute approximate surface area is 163 Å². The van der Waals surface area contributed by atoms with Crippen molar-refractivity contribution in [1.29, 1.82) is 0 Å². The number of carbonyl (C=O) groups is 4. The molecule has 1 aromatic carbocycles. The van der Waals surface area contributed by atoms with E-state index in [1.54, 1.807) is 24.3 Å². The summed E-state index contributed by atoms with van der Waals surface area (Å²) in [5.74, 6) is -2.04. The van der Waals surface area contributed by atoms with Gasteiger partial charge in [0, 0.05) is 0 Å². The molecule has 4 N–H and O–H groups in total. The Balaban J connectivity index is 2.73. The highest BCUT2D eigenvalue weighted by atomic mass is 16.5. The number of alkyl carbamates (subject to hydrolysis) is 1. The van der Waals surface area contributed by atoms with Gasteiger partial charge in [0.1, 0.15) is 18.7 Å². The molecule has 0 heterocycles. The van der Waals surface area contributed by atoms with Crippen molar-refractivity contribution in [2.24, 2.45) is 11.7 Å². The van der Waals surface area contributed by atoms with E-state index >= 15 is 0 Å². The second kappa shape index (κ2) is 11.6. The Bertz CT molecular complexity index is 678. The number of hydrogen-bond acceptors (Lipinski definition) is 6. The van der Waals surface area contributed by atoms with Crippen LogP contribution in [0, 0.1) is 5.92 Å². The minimum absolute atomic E-state index is 0.00425. The van der Waals surface area contributed by atoms with E-state index in [1.165, 1.54) is 7.11 Å². The Morgan fingerprint density at radius 3 is 2.21 bits per heavy atom. The Morgan fingerprint density at radius 1 is 1.04 bits per heavy atom. The first-order valence-corrected chi connectivity index (χ1v) is 8.86. The lowest BCUT2D eigenvalue weighted by Crippen LogP contribution is -2.53. The Hall–Kier alpha value is -3.10. The molecule has 0 saturated heterocycles. The zero-order chi connectivity index (χ0) is 21.1. The monoisotopic (exact) mass is 393 g/mol. The van der Waals surface area contributed by atoms with Crippen LogP contribution in [0.15, 0.2) is 30.3 Å². The average molecular weight is 393 g/mol. The van der Waals surface area contributed by atoms with Crippen LogP contribution in [0.5, 0.6) is 0 Å². The van der Waals surface area contributed by atoms with Crippen LogP contribution in [0.3, 0.4) is 0 Å². The number of benzene rings is 1. The van der Waals surface area contributed by atoms with Crippen LogP contribution in [-0.2, 0) is 30.5 Å². The fourth-order valence-electron chi connectivity index (χ4n) is 2.42. The Kier molecular flexibility index (Phi) is 9.49. The van der Waals surface area contributed by atoms with Crippen LogP contribution in [0.4, 0.5) is 4.79 Å². The molecule has 154 valence electrons. The van der Waals surface area contributed by atoms with E-state index in [9.17, 15) is 19.2 Å². The highest BCUT2D eigenvalue weighted by molar-refractivity contribution is 5.92. The van der Waals surface area contributed by atoms with Crippen molar-refractivity contribution in [3.8, 4) is 0 Å². The summed E-state index contributed by atoms with van der Waals surface area (Å²) < 4.78 is 9.74. The smallest absolute Gasteiger partial charge is 0.408 e. The number of amides is 3. The number of hydrogen-bond donors (Lipinski definition) is 3. The van der Waals surface area contributed by atoms with E-state index in [4.69, 9.17) is 10.5 Å². The zero-order valence-corrected chi connectivity index (χ0v) is 16.3. The molecule has 0 spiro atoms. The van der Waals surface area contributed by atoms with Gasteiger partial charge in [0.05, 0.1) is 13.5 Å². The molecule has 28 heavy (non-hydrogen) atoms. The van der Waals surface area contributed by atoms with Gasteiger partial charge in [-0.1, -0.05) is 44.2 Å². The molecule has 9 nitrogen and oxygen atoms in total. The number of rotatable bonds is 10. The summed E-state index contributed by atoms with van der Waals surface area (Å²) >= 11 is 0. The first-order valence-electron chi connectivity index (χ1n) is 8.86. The molecule has 0 radical (unpaired) electrons. The molecule has 0 saturated carbocycles. The predicted octanol–water partition coefficient (Wildman–Crippen LogP) is 0.861. The molecule has 0 bridgehead atoms. The lowest BCUT2D eigenvalue weighted by Gasteiger charge is -2.22. The van der Waals surface area contributed by atoms with E-state index in [-0.39, 0.29) is 12.5 Å². The predicted molar refractivity (Wildman–Crippen MR) is 101 cm³/mol. The quantitative estimate of drug-likeness (QED) is 0.504. The van der Waals surface area contributed by atoms with Crippen LogP contribution in [0.2, 0.25) is 0 Å². The summed E-state index contributed by atoms with van der Waals surface area (Å²) in [6.45, 7) is 3.75. The maximum atomic E-state index is 12.5. The Morgan fingerprint density at radius 2 is 1.68 bits per heavy atom. The number of esters is 1. The average Bonchev–Trinajstić information content (AvgIpc) is 2.64. The van der Waals surface area contributed by atoms with Gasteiger partial charge in [-0.2, -0.15) is 0 Å². The second-order valence-corrected chi connectivity index (χ2v) is 6.64. The van der Waals surface area contributed by atoms with Gasteiger partial charge in [0.15, 0.2) is 0 Å². The van der Waals surface area contributed by atoms with Crippen molar-refractivity contribution in [3.05, 3.63) is 35.9 Å². The van der Waals surface area contributed by atoms with Gasteiger partial charge in [0.25, 0.3) is 0 Å². The minimum atomic E-state index is -1.28. The van der Waals surface area contributed by atoms with Gasteiger partial charge < -0.3 is 25.8 Å². The lowest BCUT2D eigenvalue weighted by atomic mass is 10.0. The highest BCUT2D eigenvalue weighted by Crippen LogP contribution is 2.07. The van der Waals surface area contributed by atoms with Crippen molar-refractivity contribution in [2.75, 3.05) is 7.11 Å². The maximum absolute atomic E-state index is 12.5. The maximum Gasteiger partial charge on any atom is 0.408 e. The summed E-state index contributed by atoms with van der Waals surface area (Å²) in [7, 11) is 1.21. The summed E-state index contributed by atoms with van der Waals surface area (Å²) in [6, 6.07) is 6.77. The fraction of sp³-hybridized carbons (Fsp3) is 0.474. The molecule has 0 unspecified atom stereocenters. The molecule has 9 heteroatoms. The van der Waals surface area contributed by atoms with E-state index in [0.717, 1.165) is 5.56 Å². The highest BCUT2D eigenvalue weighted by Gasteiger charge is 2.29. The lowest BCUT2D eigenvalue weighted by molar-refractivity contribution is -0.145. The van der Waals surface area contributed by atoms with Gasteiger partial charge in [0.2, 0.25) is 11.8 Å². The first-order chi connectivity index (χ1) is 13.2. The standard InChI is InChI=1S/C19H27N3O6/c1-12(2)9-15(18(25)27-3)21-17(24)14(10-16(20)23)22-19(26)28-11-13-7-5-4-6-8-13/h4-8,12,14-15H,9-11H2,1-3H3,(H2,20,23)(H,21,24)(H,22,26)/t14-,15+/m1/s1. The SMILES string of the molecule is COC(=O)[C@H](CC(C)C)NC(=O)[C@@H](CC(N)=O)NC(=O)OCc1ccccc1. The third kappa shape index (κ3) is 8.52. The summed E-state index contributed by atoms with van der Waals surface area (Å²) in [5.41, 5.74) is 5.93. The van der Waals surface area contributed by atoms with Crippen molar-refractivity contribution >= 4 is 23.9 Å². The molecule has 0 aromatic heterocycles. The van der Waals surface area contributed by atoms with Crippen molar-refractivity contribution in [2.45, 2.75) is 45.4 Å². The summed E-state index contributed by atoms with van der Waals surface area (Å²) in [6.07, 6.45) is -0.995. The van der Waals surface area contributed by atoms with Crippen LogP contribution in [0.25, 0.3) is 0 Å². The van der Waals surface area contributed by atoms with Gasteiger partial charge in [-0.15, -0.1) is 0 Å². The molecule has 3 amide bonds. The van der Waals surface area contributed by atoms with Gasteiger partial charge in [-0.05, 0) is 17.9 Å². The number of primary amides is 1. The molecule has 1 rings (SSSR count). The molecule has 1 aromatic rings.